The highest BCUT2D eigenvalue weighted by atomic mass is 16.5. The average Bonchev–Trinajstić information content (AvgIpc) is 3.04. The van der Waals surface area contributed by atoms with Crippen LogP contribution in [0.5, 0.6) is 5.75 Å². The Balaban J connectivity index is 1.83. The van der Waals surface area contributed by atoms with Crippen molar-refractivity contribution in [2.24, 2.45) is 0 Å². The molecule has 1 heterocycles. The van der Waals surface area contributed by atoms with Crippen molar-refractivity contribution in [3.63, 3.8) is 0 Å². The van der Waals surface area contributed by atoms with E-state index in [4.69, 9.17) is 14.5 Å². The van der Waals surface area contributed by atoms with Gasteiger partial charge in [-0.3, -0.25) is 0 Å². The molecule has 0 bridgehead atoms. The summed E-state index contributed by atoms with van der Waals surface area (Å²) in [5.74, 6) is 1.82. The van der Waals surface area contributed by atoms with E-state index in [-0.39, 0.29) is 0 Å². The fourth-order valence-corrected chi connectivity index (χ4v) is 2.15. The molecule has 0 unspecified atom stereocenters. The van der Waals surface area contributed by atoms with Gasteiger partial charge in [-0.25, -0.2) is 0 Å². The van der Waals surface area contributed by atoms with Crippen LogP contribution in [-0.2, 0) is 6.42 Å². The zero-order valence-electron chi connectivity index (χ0n) is 12.0. The molecule has 0 N–H and O–H groups in total. The highest BCUT2D eigenvalue weighted by Crippen LogP contribution is 2.22. The number of hydrogen-bond acceptors (Lipinski definition) is 5. The van der Waals surface area contributed by atoms with Crippen LogP contribution in [0.4, 0.5) is 0 Å². The van der Waals surface area contributed by atoms with Crippen molar-refractivity contribution in [3.8, 4) is 23.3 Å². The van der Waals surface area contributed by atoms with Crippen LogP contribution in [-0.4, -0.2) is 17.3 Å². The fourth-order valence-electron chi connectivity index (χ4n) is 2.15. The van der Waals surface area contributed by atoms with E-state index in [2.05, 4.69) is 16.2 Å². The lowest BCUT2D eigenvalue weighted by molar-refractivity contribution is 0.408. The molecule has 0 saturated heterocycles. The number of benzene rings is 2. The van der Waals surface area contributed by atoms with Crippen LogP contribution in [0.15, 0.2) is 53.1 Å². The second-order valence-electron chi connectivity index (χ2n) is 4.69. The SMILES string of the molecule is COc1ccccc1Cc1noc(-c2ccc(C#N)cc2)n1. The Hall–Kier alpha value is -3.13. The van der Waals surface area contributed by atoms with E-state index >= 15 is 0 Å². The average molecular weight is 291 g/mol. The number of methoxy groups -OCH3 is 1. The molecule has 1 aromatic heterocycles. The Morgan fingerprint density at radius 3 is 2.64 bits per heavy atom. The topological polar surface area (TPSA) is 71.9 Å². The summed E-state index contributed by atoms with van der Waals surface area (Å²) in [4.78, 5) is 4.39. The summed E-state index contributed by atoms with van der Waals surface area (Å²) >= 11 is 0. The molecule has 0 aliphatic carbocycles. The van der Waals surface area contributed by atoms with Crippen LogP contribution in [0, 0.1) is 11.3 Å². The smallest absolute Gasteiger partial charge is 0.257 e. The Labute approximate surface area is 127 Å². The van der Waals surface area contributed by atoms with E-state index in [1.165, 1.54) is 0 Å². The van der Waals surface area contributed by atoms with Gasteiger partial charge < -0.3 is 9.26 Å². The summed E-state index contributed by atoms with van der Waals surface area (Å²) in [6.45, 7) is 0. The van der Waals surface area contributed by atoms with Crippen molar-refractivity contribution in [1.29, 1.82) is 5.26 Å². The quantitative estimate of drug-likeness (QED) is 0.738. The number of ether oxygens (including phenoxy) is 1. The van der Waals surface area contributed by atoms with Crippen LogP contribution < -0.4 is 4.74 Å². The molecule has 0 aliphatic heterocycles. The maximum Gasteiger partial charge on any atom is 0.257 e. The molecule has 0 amide bonds. The summed E-state index contributed by atoms with van der Waals surface area (Å²) in [7, 11) is 1.64. The monoisotopic (exact) mass is 291 g/mol. The van der Waals surface area contributed by atoms with E-state index < -0.39 is 0 Å². The minimum absolute atomic E-state index is 0.439. The lowest BCUT2D eigenvalue weighted by atomic mass is 10.1. The molecular formula is C17H13N3O2. The van der Waals surface area contributed by atoms with Gasteiger partial charge in [0.25, 0.3) is 5.89 Å². The third-order valence-electron chi connectivity index (χ3n) is 3.27. The van der Waals surface area contributed by atoms with E-state index in [1.807, 2.05) is 24.3 Å². The Morgan fingerprint density at radius 1 is 1.14 bits per heavy atom. The van der Waals surface area contributed by atoms with E-state index in [0.717, 1.165) is 16.9 Å². The van der Waals surface area contributed by atoms with Crippen molar-refractivity contribution in [2.45, 2.75) is 6.42 Å². The van der Waals surface area contributed by atoms with Crippen LogP contribution in [0.2, 0.25) is 0 Å². The summed E-state index contributed by atoms with van der Waals surface area (Å²) in [5, 5.41) is 12.8. The molecule has 0 saturated carbocycles. The van der Waals surface area contributed by atoms with Gasteiger partial charge in [-0.05, 0) is 30.3 Å². The minimum Gasteiger partial charge on any atom is -0.496 e. The maximum atomic E-state index is 8.80. The van der Waals surface area contributed by atoms with E-state index in [0.29, 0.717) is 23.7 Å². The second-order valence-corrected chi connectivity index (χ2v) is 4.69. The normalized spacial score (nSPS) is 10.2. The zero-order valence-corrected chi connectivity index (χ0v) is 12.0. The minimum atomic E-state index is 0.439. The number of para-hydroxylation sites is 1. The van der Waals surface area contributed by atoms with Crippen LogP contribution in [0.25, 0.3) is 11.5 Å². The van der Waals surface area contributed by atoms with E-state index in [9.17, 15) is 0 Å². The van der Waals surface area contributed by atoms with Gasteiger partial charge in [0.1, 0.15) is 5.75 Å². The van der Waals surface area contributed by atoms with Gasteiger partial charge in [-0.2, -0.15) is 10.2 Å². The first-order valence-corrected chi connectivity index (χ1v) is 6.75. The van der Waals surface area contributed by atoms with Gasteiger partial charge in [0.05, 0.1) is 18.7 Å². The van der Waals surface area contributed by atoms with Crippen LogP contribution >= 0.6 is 0 Å². The Kier molecular flexibility index (Phi) is 3.84. The summed E-state index contributed by atoms with van der Waals surface area (Å²) in [6, 6.07) is 16.8. The van der Waals surface area contributed by atoms with Crippen LogP contribution in [0.3, 0.4) is 0 Å². The third-order valence-corrected chi connectivity index (χ3v) is 3.27. The van der Waals surface area contributed by atoms with Crippen molar-refractivity contribution in [3.05, 3.63) is 65.5 Å². The van der Waals surface area contributed by atoms with Crippen LogP contribution in [0.1, 0.15) is 17.0 Å². The second kappa shape index (κ2) is 6.10. The number of hydrogen-bond donors (Lipinski definition) is 0. The standard InChI is InChI=1S/C17H13N3O2/c1-21-15-5-3-2-4-14(15)10-16-19-17(22-20-16)13-8-6-12(11-18)7-9-13/h2-9H,10H2,1H3. The van der Waals surface area contributed by atoms with Crippen molar-refractivity contribution in [2.75, 3.05) is 7.11 Å². The van der Waals surface area contributed by atoms with Crippen molar-refractivity contribution in [1.82, 2.24) is 10.1 Å². The van der Waals surface area contributed by atoms with Crippen molar-refractivity contribution >= 4 is 0 Å². The molecule has 3 rings (SSSR count). The first-order valence-electron chi connectivity index (χ1n) is 6.75. The largest absolute Gasteiger partial charge is 0.496 e. The number of rotatable bonds is 4. The van der Waals surface area contributed by atoms with Gasteiger partial charge >= 0.3 is 0 Å². The van der Waals surface area contributed by atoms with E-state index in [1.54, 1.807) is 31.4 Å². The molecule has 108 valence electrons. The summed E-state index contributed by atoms with van der Waals surface area (Å²) in [5.41, 5.74) is 2.38. The molecule has 3 aromatic rings. The highest BCUT2D eigenvalue weighted by molar-refractivity contribution is 5.54. The number of aromatic nitrogens is 2. The Bertz CT molecular complexity index is 816. The van der Waals surface area contributed by atoms with Gasteiger partial charge in [0.2, 0.25) is 0 Å². The first kappa shape index (κ1) is 13.8. The molecule has 5 heteroatoms. The molecule has 0 fully saturated rings. The lowest BCUT2D eigenvalue weighted by Crippen LogP contribution is -1.95. The summed E-state index contributed by atoms with van der Waals surface area (Å²) < 4.78 is 10.6. The maximum absolute atomic E-state index is 8.80. The Morgan fingerprint density at radius 2 is 1.91 bits per heavy atom. The molecule has 5 nitrogen and oxygen atoms in total. The predicted octanol–water partition coefficient (Wildman–Crippen LogP) is 3.21. The first-order chi connectivity index (χ1) is 10.8. The molecular weight excluding hydrogens is 278 g/mol. The molecule has 0 atom stereocenters. The molecule has 0 aliphatic rings. The lowest BCUT2D eigenvalue weighted by Gasteiger charge is -2.05. The summed E-state index contributed by atoms with van der Waals surface area (Å²) in [6.07, 6.45) is 0.532. The third kappa shape index (κ3) is 2.81. The van der Waals surface area contributed by atoms with Gasteiger partial charge in [0, 0.05) is 17.5 Å². The number of nitrogens with zero attached hydrogens (tertiary/aromatic N) is 3. The molecule has 2 aromatic carbocycles. The predicted molar refractivity (Wildman–Crippen MR) is 80.2 cm³/mol. The fraction of sp³-hybridized carbons (Fsp3) is 0.118. The molecule has 0 radical (unpaired) electrons. The molecule has 22 heavy (non-hydrogen) atoms. The van der Waals surface area contributed by atoms with Crippen molar-refractivity contribution < 1.29 is 9.26 Å². The molecule has 0 spiro atoms. The highest BCUT2D eigenvalue weighted by Gasteiger charge is 2.11. The zero-order chi connectivity index (χ0) is 15.4. The van der Waals surface area contributed by atoms with Gasteiger partial charge in [0.15, 0.2) is 5.82 Å². The van der Waals surface area contributed by atoms with Gasteiger partial charge in [-0.1, -0.05) is 23.4 Å². The van der Waals surface area contributed by atoms with Gasteiger partial charge in [-0.15, -0.1) is 0 Å². The number of nitriles is 1.